The number of methoxy groups -OCH3 is 1. The van der Waals surface area contributed by atoms with Crippen molar-refractivity contribution in [3.8, 4) is 22.8 Å². The summed E-state index contributed by atoms with van der Waals surface area (Å²) in [6.07, 6.45) is 0.236. The van der Waals surface area contributed by atoms with E-state index in [2.05, 4.69) is 21.2 Å². The Morgan fingerprint density at radius 3 is 2.71 bits per heavy atom. The number of urea groups is 1. The van der Waals surface area contributed by atoms with Crippen molar-refractivity contribution in [2.24, 2.45) is 5.10 Å². The lowest BCUT2D eigenvalue weighted by Gasteiger charge is -2.28. The molecular weight excluding hydrogens is 575 g/mol. The van der Waals surface area contributed by atoms with Gasteiger partial charge < -0.3 is 34.4 Å². The minimum Gasteiger partial charge on any atom is -0.490 e. The van der Waals surface area contributed by atoms with Crippen LogP contribution in [0.5, 0.6) is 11.5 Å². The summed E-state index contributed by atoms with van der Waals surface area (Å²) in [5.41, 5.74) is 4.48. The molecule has 4 rings (SSSR count). The maximum absolute atomic E-state index is 12.4. The van der Waals surface area contributed by atoms with Gasteiger partial charge in [0.05, 0.1) is 36.6 Å². The number of esters is 1. The number of aliphatic hydroxyl groups is 1. The maximum atomic E-state index is 12.4. The van der Waals surface area contributed by atoms with Crippen LogP contribution in [-0.2, 0) is 9.53 Å². The molecule has 4 N–H and O–H groups in total. The Morgan fingerprint density at radius 2 is 1.98 bits per heavy atom. The molecule has 41 heavy (non-hydrogen) atoms. The van der Waals surface area contributed by atoms with Crippen LogP contribution in [-0.4, -0.2) is 49.9 Å². The second kappa shape index (κ2) is 13.4. The van der Waals surface area contributed by atoms with Gasteiger partial charge in [-0.2, -0.15) is 5.10 Å². The molecule has 2 atom stereocenters. The molecule has 13 heteroatoms. The van der Waals surface area contributed by atoms with Crippen LogP contribution in [0, 0.1) is 0 Å². The number of rotatable bonds is 11. The van der Waals surface area contributed by atoms with Crippen LogP contribution >= 0.6 is 23.2 Å². The van der Waals surface area contributed by atoms with E-state index in [-0.39, 0.29) is 12.2 Å². The van der Waals surface area contributed by atoms with E-state index in [0.29, 0.717) is 56.5 Å². The molecule has 1 aliphatic heterocycles. The number of ether oxygens (including phenoxy) is 3. The number of hydrazone groups is 1. The number of halogens is 2. The first-order valence-corrected chi connectivity index (χ1v) is 13.2. The fraction of sp³-hybridized carbons (Fsp3) is 0.250. The predicted octanol–water partition coefficient (Wildman–Crippen LogP) is 4.77. The van der Waals surface area contributed by atoms with Crippen LogP contribution in [0.25, 0.3) is 11.3 Å². The molecule has 3 aromatic rings. The minimum atomic E-state index is -1.17. The zero-order chi connectivity index (χ0) is 29.5. The Morgan fingerprint density at radius 1 is 1.17 bits per heavy atom. The Kier molecular flexibility index (Phi) is 9.77. The van der Waals surface area contributed by atoms with Crippen molar-refractivity contribution in [1.29, 1.82) is 0 Å². The predicted molar refractivity (Wildman–Crippen MR) is 153 cm³/mol. The molecule has 2 aromatic carbocycles. The standard InChI is InChI=1S/C28H28Cl2N4O7/c1-4-39-23-11-16(26-25(27(36)38-3)15(2)32-28(37)33-26)5-9-22(23)40-14-24(35)34-31-13-18-7-10-21(41-18)19-8-6-17(29)12-20(19)30/h5-13,24,26,34-35H,4,14H2,1-3H3,(H2,32,33,37)/b31-13+/t24-,26-/m0/s1. The average Bonchev–Trinajstić information content (AvgIpc) is 3.40. The number of nitrogens with zero attached hydrogens (tertiary/aromatic N) is 1. The van der Waals surface area contributed by atoms with Gasteiger partial charge in [-0.3, -0.25) is 5.43 Å². The number of carbonyl (C=O) groups excluding carboxylic acids is 2. The van der Waals surface area contributed by atoms with E-state index < -0.39 is 24.3 Å². The van der Waals surface area contributed by atoms with E-state index in [9.17, 15) is 14.7 Å². The molecule has 0 saturated heterocycles. The third-order valence-electron chi connectivity index (χ3n) is 5.91. The largest absolute Gasteiger partial charge is 0.490 e. The highest BCUT2D eigenvalue weighted by molar-refractivity contribution is 6.36. The van der Waals surface area contributed by atoms with Crippen LogP contribution < -0.4 is 25.5 Å². The second-order valence-electron chi connectivity index (χ2n) is 8.74. The molecule has 2 amide bonds. The van der Waals surface area contributed by atoms with E-state index in [0.717, 1.165) is 0 Å². The molecule has 0 bridgehead atoms. The molecular formula is C28H28Cl2N4O7. The smallest absolute Gasteiger partial charge is 0.337 e. The van der Waals surface area contributed by atoms with Crippen molar-refractivity contribution in [1.82, 2.24) is 16.1 Å². The maximum Gasteiger partial charge on any atom is 0.337 e. The first-order valence-electron chi connectivity index (χ1n) is 12.5. The number of allylic oxidation sites excluding steroid dienone is 1. The number of hydrogen-bond donors (Lipinski definition) is 4. The summed E-state index contributed by atoms with van der Waals surface area (Å²) in [6, 6.07) is 12.3. The van der Waals surface area contributed by atoms with Crippen LogP contribution in [0.1, 0.15) is 31.2 Å². The Bertz CT molecular complexity index is 1490. The van der Waals surface area contributed by atoms with Gasteiger partial charge in [-0.05, 0) is 61.9 Å². The van der Waals surface area contributed by atoms with E-state index in [1.54, 1.807) is 62.4 Å². The zero-order valence-electron chi connectivity index (χ0n) is 22.4. The second-order valence-corrected chi connectivity index (χ2v) is 9.58. The molecule has 0 saturated carbocycles. The van der Waals surface area contributed by atoms with E-state index in [4.69, 9.17) is 41.8 Å². The lowest BCUT2D eigenvalue weighted by Crippen LogP contribution is -2.45. The monoisotopic (exact) mass is 602 g/mol. The summed E-state index contributed by atoms with van der Waals surface area (Å²) in [4.78, 5) is 24.5. The summed E-state index contributed by atoms with van der Waals surface area (Å²) in [7, 11) is 1.27. The minimum absolute atomic E-state index is 0.170. The topological polar surface area (TPSA) is 144 Å². The normalized spacial score (nSPS) is 15.8. The summed E-state index contributed by atoms with van der Waals surface area (Å²) in [5.74, 6) is 1.10. The van der Waals surface area contributed by atoms with Gasteiger partial charge in [-0.1, -0.05) is 29.3 Å². The van der Waals surface area contributed by atoms with Gasteiger partial charge >= 0.3 is 12.0 Å². The Balaban J connectivity index is 1.40. The van der Waals surface area contributed by atoms with Crippen LogP contribution in [0.4, 0.5) is 4.79 Å². The molecule has 1 aromatic heterocycles. The molecule has 0 radical (unpaired) electrons. The van der Waals surface area contributed by atoms with Gasteiger partial charge in [0.1, 0.15) is 18.1 Å². The molecule has 2 heterocycles. The van der Waals surface area contributed by atoms with Crippen molar-refractivity contribution in [3.05, 3.63) is 81.2 Å². The van der Waals surface area contributed by atoms with Crippen LogP contribution in [0.2, 0.25) is 10.0 Å². The van der Waals surface area contributed by atoms with Crippen molar-refractivity contribution in [2.45, 2.75) is 26.1 Å². The SMILES string of the molecule is CCOc1cc([C@@H]2NC(=O)NC(C)=C2C(=O)OC)ccc1OC[C@H](O)N/N=C/c1ccc(-c2ccc(Cl)cc2Cl)o1. The first kappa shape index (κ1) is 29.8. The number of carbonyl (C=O) groups is 2. The molecule has 216 valence electrons. The summed E-state index contributed by atoms with van der Waals surface area (Å²) < 4.78 is 22.1. The summed E-state index contributed by atoms with van der Waals surface area (Å²) in [6.45, 7) is 3.58. The summed E-state index contributed by atoms with van der Waals surface area (Å²) in [5, 5.41) is 20.6. The van der Waals surface area contributed by atoms with E-state index in [1.165, 1.54) is 13.3 Å². The number of amides is 2. The fourth-order valence-corrected chi connectivity index (χ4v) is 4.57. The number of aliphatic hydroxyl groups excluding tert-OH is 1. The Hall–Kier alpha value is -4.19. The highest BCUT2D eigenvalue weighted by Crippen LogP contribution is 2.35. The quantitative estimate of drug-likeness (QED) is 0.106. The number of benzene rings is 2. The number of furan rings is 1. The average molecular weight is 603 g/mol. The third kappa shape index (κ3) is 7.31. The highest BCUT2D eigenvalue weighted by Gasteiger charge is 2.32. The molecule has 0 unspecified atom stereocenters. The van der Waals surface area contributed by atoms with Crippen LogP contribution in [0.3, 0.4) is 0 Å². The zero-order valence-corrected chi connectivity index (χ0v) is 23.9. The lowest BCUT2D eigenvalue weighted by molar-refractivity contribution is -0.136. The first-order chi connectivity index (χ1) is 19.7. The van der Waals surface area contributed by atoms with Crippen molar-refractivity contribution >= 4 is 41.4 Å². The van der Waals surface area contributed by atoms with Crippen molar-refractivity contribution in [2.75, 3.05) is 20.3 Å². The van der Waals surface area contributed by atoms with Crippen molar-refractivity contribution in [3.63, 3.8) is 0 Å². The lowest BCUT2D eigenvalue weighted by atomic mass is 9.95. The van der Waals surface area contributed by atoms with Gasteiger partial charge in [-0.25, -0.2) is 9.59 Å². The molecule has 0 spiro atoms. The molecule has 11 nitrogen and oxygen atoms in total. The third-order valence-corrected chi connectivity index (χ3v) is 6.46. The van der Waals surface area contributed by atoms with Gasteiger partial charge in [-0.15, -0.1) is 0 Å². The van der Waals surface area contributed by atoms with E-state index in [1.807, 2.05) is 0 Å². The fourth-order valence-electron chi connectivity index (χ4n) is 4.07. The number of nitrogens with one attached hydrogen (secondary N) is 3. The molecule has 0 aliphatic carbocycles. The van der Waals surface area contributed by atoms with Crippen molar-refractivity contribution < 1.29 is 33.3 Å². The van der Waals surface area contributed by atoms with Gasteiger partial charge in [0.15, 0.2) is 17.7 Å². The van der Waals surface area contributed by atoms with Crippen LogP contribution in [0.15, 0.2) is 69.3 Å². The van der Waals surface area contributed by atoms with Gasteiger partial charge in [0.25, 0.3) is 0 Å². The molecule has 0 fully saturated rings. The Labute approximate surface area is 246 Å². The van der Waals surface area contributed by atoms with E-state index >= 15 is 0 Å². The summed E-state index contributed by atoms with van der Waals surface area (Å²) >= 11 is 12.2. The van der Waals surface area contributed by atoms with Gasteiger partial charge in [0, 0.05) is 16.3 Å². The molecule has 1 aliphatic rings. The highest BCUT2D eigenvalue weighted by atomic mass is 35.5. The number of hydrogen-bond acceptors (Lipinski definition) is 9. The van der Waals surface area contributed by atoms with Gasteiger partial charge in [0.2, 0.25) is 0 Å².